The highest BCUT2D eigenvalue weighted by Gasteiger charge is 2.53. The lowest BCUT2D eigenvalue weighted by Crippen LogP contribution is -2.31. The molecule has 0 N–H and O–H groups in total. The smallest absolute Gasteiger partial charge is 0.211 e. The van der Waals surface area contributed by atoms with Crippen molar-refractivity contribution in [1.82, 2.24) is 0 Å². The van der Waals surface area contributed by atoms with Gasteiger partial charge in [0.15, 0.2) is 0 Å². The van der Waals surface area contributed by atoms with E-state index in [-0.39, 0.29) is 0 Å². The average molecular weight is 194 g/mol. The third-order valence-corrected chi connectivity index (χ3v) is 1.12. The number of aliphatic imine (C=N–C) groups is 1. The molecule has 10 heavy (non-hydrogen) atoms. The Hall–Kier alpha value is -0.250. The van der Waals surface area contributed by atoms with Gasteiger partial charge in [0, 0.05) is 0 Å². The lowest BCUT2D eigenvalue weighted by Gasteiger charge is -2.15. The summed E-state index contributed by atoms with van der Waals surface area (Å²) in [5, 5.41) is 0. The Balaban J connectivity index is 4.56. The third kappa shape index (κ3) is 2.17. The Kier molecular flexibility index (Phi) is 2.71. The molecule has 0 rings (SSSR count). The van der Waals surface area contributed by atoms with E-state index in [0.717, 1.165) is 0 Å². The molecule has 58 valence electrons. The predicted molar refractivity (Wildman–Crippen MR) is 28.6 cm³/mol. The van der Waals surface area contributed by atoms with E-state index in [1.807, 2.05) is 0 Å². The van der Waals surface area contributed by atoms with Gasteiger partial charge in [-0.3, -0.25) is 0 Å². The summed E-state index contributed by atoms with van der Waals surface area (Å²) in [6, 6.07) is 0. The summed E-state index contributed by atoms with van der Waals surface area (Å²) >= 11 is 9.05. The molecule has 0 amide bonds. The summed E-state index contributed by atoms with van der Waals surface area (Å²) < 4.78 is 31.1. The quantitative estimate of drug-likeness (QED) is 0.271. The van der Waals surface area contributed by atoms with Crippen molar-refractivity contribution in [2.45, 2.75) is 10.6 Å². The number of carbonyl (C=O) groups excluding carboxylic acids is 1. The summed E-state index contributed by atoms with van der Waals surface area (Å²) in [5.41, 5.74) is 0. The second kappa shape index (κ2) is 2.78. The van der Waals surface area contributed by atoms with Gasteiger partial charge in [0.05, 0.1) is 0 Å². The van der Waals surface area contributed by atoms with Crippen molar-refractivity contribution in [3.63, 3.8) is 0 Å². The molecule has 0 aromatic carbocycles. The van der Waals surface area contributed by atoms with Crippen LogP contribution in [-0.4, -0.2) is 16.7 Å². The molecule has 0 bridgehead atoms. The van der Waals surface area contributed by atoms with Crippen molar-refractivity contribution in [3.05, 3.63) is 0 Å². The van der Waals surface area contributed by atoms with Crippen molar-refractivity contribution in [1.29, 1.82) is 0 Å². The molecule has 0 aromatic rings. The van der Waals surface area contributed by atoms with E-state index in [1.165, 1.54) is 0 Å². The molecular formula is C3Cl2F3NO. The van der Waals surface area contributed by atoms with Crippen molar-refractivity contribution in [2.24, 2.45) is 4.99 Å². The molecule has 0 saturated carbocycles. The van der Waals surface area contributed by atoms with Crippen molar-refractivity contribution >= 4 is 29.3 Å². The molecule has 0 saturated heterocycles. The number of isocyanates is 1. The highest BCUT2D eigenvalue weighted by atomic mass is 35.5. The SMILES string of the molecule is O=C=NC(Cl)(Cl)C(F)(F)F. The number of hydrogen-bond acceptors (Lipinski definition) is 2. The fourth-order valence-corrected chi connectivity index (χ4v) is 0.190. The summed E-state index contributed by atoms with van der Waals surface area (Å²) in [7, 11) is 0. The minimum Gasteiger partial charge on any atom is -0.211 e. The van der Waals surface area contributed by atoms with E-state index >= 15 is 0 Å². The van der Waals surface area contributed by atoms with Crippen molar-refractivity contribution in [3.8, 4) is 0 Å². The number of nitrogens with zero attached hydrogens (tertiary/aromatic N) is 1. The van der Waals surface area contributed by atoms with Crippen LogP contribution >= 0.6 is 23.2 Å². The summed E-state index contributed by atoms with van der Waals surface area (Å²) in [6.45, 7) is 0. The van der Waals surface area contributed by atoms with E-state index < -0.39 is 10.6 Å². The average Bonchev–Trinajstić information content (AvgIpc) is 1.61. The zero-order valence-corrected chi connectivity index (χ0v) is 5.76. The highest BCUT2D eigenvalue weighted by Crippen LogP contribution is 2.40. The zero-order valence-electron chi connectivity index (χ0n) is 4.25. The lowest BCUT2D eigenvalue weighted by molar-refractivity contribution is -0.139. The topological polar surface area (TPSA) is 29.4 Å². The van der Waals surface area contributed by atoms with E-state index in [1.54, 1.807) is 0 Å². The van der Waals surface area contributed by atoms with Gasteiger partial charge in [-0.2, -0.15) is 18.2 Å². The predicted octanol–water partition coefficient (Wildman–Crippen LogP) is 2.02. The van der Waals surface area contributed by atoms with Gasteiger partial charge in [-0.25, -0.2) is 4.79 Å². The molecule has 2 nitrogen and oxygen atoms in total. The number of alkyl halides is 5. The van der Waals surface area contributed by atoms with Crippen LogP contribution in [0.4, 0.5) is 13.2 Å². The molecule has 0 spiro atoms. The van der Waals surface area contributed by atoms with Crippen LogP contribution in [0, 0.1) is 0 Å². The van der Waals surface area contributed by atoms with Crippen LogP contribution < -0.4 is 0 Å². The molecule has 0 fully saturated rings. The maximum absolute atomic E-state index is 11.5. The van der Waals surface area contributed by atoms with E-state index in [0.29, 0.717) is 6.08 Å². The Morgan fingerprint density at radius 1 is 1.30 bits per heavy atom. The normalized spacial score (nSPS) is 12.5. The van der Waals surface area contributed by atoms with Crippen molar-refractivity contribution < 1.29 is 18.0 Å². The van der Waals surface area contributed by atoms with Crippen LogP contribution in [0.2, 0.25) is 0 Å². The molecule has 0 unspecified atom stereocenters. The minimum absolute atomic E-state index is 0.606. The molecule has 0 radical (unpaired) electrons. The maximum atomic E-state index is 11.5. The second-order valence-electron chi connectivity index (χ2n) is 1.24. The van der Waals surface area contributed by atoms with Gasteiger partial charge in [0.2, 0.25) is 6.08 Å². The largest absolute Gasteiger partial charge is 0.443 e. The summed E-state index contributed by atoms with van der Waals surface area (Å²) in [6.07, 6.45) is -4.35. The molecule has 7 heteroatoms. The van der Waals surface area contributed by atoms with Gasteiger partial charge in [-0.1, -0.05) is 23.2 Å². The first-order valence-corrected chi connectivity index (χ1v) is 2.60. The number of halogens is 5. The summed E-state index contributed by atoms with van der Waals surface area (Å²) in [5.74, 6) is 0. The van der Waals surface area contributed by atoms with Gasteiger partial charge < -0.3 is 0 Å². The first-order chi connectivity index (χ1) is 4.31. The first-order valence-electron chi connectivity index (χ1n) is 1.85. The van der Waals surface area contributed by atoms with Crippen LogP contribution in [0.25, 0.3) is 0 Å². The fraction of sp³-hybridized carbons (Fsp3) is 0.667. The van der Waals surface area contributed by atoms with Crippen LogP contribution in [0.3, 0.4) is 0 Å². The summed E-state index contributed by atoms with van der Waals surface area (Å²) in [4.78, 5) is 11.4. The minimum atomic E-state index is -4.95. The lowest BCUT2D eigenvalue weighted by atomic mass is 10.6. The third-order valence-electron chi connectivity index (χ3n) is 0.527. The van der Waals surface area contributed by atoms with Crippen LogP contribution in [-0.2, 0) is 4.79 Å². The van der Waals surface area contributed by atoms with Crippen LogP contribution in [0.5, 0.6) is 0 Å². The molecule has 0 heterocycles. The standard InChI is InChI=1S/C3Cl2F3NO/c4-2(5,9-1-10)3(6,7)8. The van der Waals surface area contributed by atoms with Gasteiger partial charge >= 0.3 is 10.6 Å². The van der Waals surface area contributed by atoms with Crippen LogP contribution in [0.15, 0.2) is 4.99 Å². The fourth-order valence-electron chi connectivity index (χ4n) is 0.121. The first kappa shape index (κ1) is 9.75. The molecule has 0 aliphatic heterocycles. The van der Waals surface area contributed by atoms with Gasteiger partial charge in [0.25, 0.3) is 0 Å². The maximum Gasteiger partial charge on any atom is 0.443 e. The second-order valence-corrected chi connectivity index (χ2v) is 2.53. The van der Waals surface area contributed by atoms with Gasteiger partial charge in [0.1, 0.15) is 0 Å². The van der Waals surface area contributed by atoms with Crippen LogP contribution in [0.1, 0.15) is 0 Å². The molecule has 0 atom stereocenters. The Labute approximate surface area is 63.6 Å². The highest BCUT2D eigenvalue weighted by molar-refractivity contribution is 6.49. The number of hydrogen-bond donors (Lipinski definition) is 0. The van der Waals surface area contributed by atoms with Crippen molar-refractivity contribution in [2.75, 3.05) is 0 Å². The molecule has 0 aliphatic carbocycles. The van der Waals surface area contributed by atoms with E-state index in [2.05, 4.69) is 28.2 Å². The monoisotopic (exact) mass is 193 g/mol. The zero-order chi connectivity index (χ0) is 8.41. The Morgan fingerprint density at radius 3 is 1.80 bits per heavy atom. The molecule has 0 aromatic heterocycles. The van der Waals surface area contributed by atoms with E-state index in [4.69, 9.17) is 0 Å². The number of rotatable bonds is 1. The van der Waals surface area contributed by atoms with Gasteiger partial charge in [-0.05, 0) is 0 Å². The Bertz CT molecular complexity index is 171. The van der Waals surface area contributed by atoms with E-state index in [9.17, 15) is 18.0 Å². The Morgan fingerprint density at radius 2 is 1.70 bits per heavy atom. The van der Waals surface area contributed by atoms with Gasteiger partial charge in [-0.15, -0.1) is 0 Å². The molecule has 0 aliphatic rings. The molecular weight excluding hydrogens is 194 g/mol.